The quantitative estimate of drug-likeness (QED) is 0.675. The summed E-state index contributed by atoms with van der Waals surface area (Å²) in [7, 11) is 0. The van der Waals surface area contributed by atoms with E-state index in [1.54, 1.807) is 0 Å². The average Bonchev–Trinajstić information content (AvgIpc) is 2.72. The Morgan fingerprint density at radius 1 is 1.60 bits per heavy atom. The molecule has 0 amide bonds. The fourth-order valence-corrected chi connectivity index (χ4v) is 2.45. The third-order valence-electron chi connectivity index (χ3n) is 3.41. The summed E-state index contributed by atoms with van der Waals surface area (Å²) in [5.41, 5.74) is 6.06. The zero-order valence-corrected chi connectivity index (χ0v) is 9.41. The summed E-state index contributed by atoms with van der Waals surface area (Å²) in [6, 6.07) is 0.727. The fourth-order valence-electron chi connectivity index (χ4n) is 2.45. The SMILES string of the molecule is CC#CCC(N)C1CN2CCCC2CO1. The molecule has 3 atom stereocenters. The first-order valence-corrected chi connectivity index (χ1v) is 5.82. The highest BCUT2D eigenvalue weighted by Crippen LogP contribution is 2.23. The number of hydrogen-bond acceptors (Lipinski definition) is 3. The molecule has 2 aliphatic heterocycles. The van der Waals surface area contributed by atoms with E-state index in [1.807, 2.05) is 6.92 Å². The van der Waals surface area contributed by atoms with E-state index in [2.05, 4.69) is 16.7 Å². The van der Waals surface area contributed by atoms with Gasteiger partial charge in [-0.1, -0.05) is 0 Å². The standard InChI is InChI=1S/C12H20N2O/c1-2-3-6-11(13)12-8-14-7-4-5-10(14)9-15-12/h10-12H,4-9,13H2,1H3. The average molecular weight is 208 g/mol. The van der Waals surface area contributed by atoms with E-state index in [0.29, 0.717) is 6.04 Å². The highest BCUT2D eigenvalue weighted by Gasteiger charge is 2.34. The number of morpholine rings is 1. The molecule has 2 heterocycles. The molecule has 2 N–H and O–H groups in total. The van der Waals surface area contributed by atoms with Crippen LogP contribution in [-0.4, -0.2) is 42.8 Å². The van der Waals surface area contributed by atoms with Crippen LogP contribution >= 0.6 is 0 Å². The Hall–Kier alpha value is -0.560. The molecule has 0 aromatic carbocycles. The smallest absolute Gasteiger partial charge is 0.0862 e. The van der Waals surface area contributed by atoms with Crippen molar-refractivity contribution in [1.82, 2.24) is 4.90 Å². The number of rotatable bonds is 2. The Labute approximate surface area is 92.0 Å². The second kappa shape index (κ2) is 4.98. The van der Waals surface area contributed by atoms with Crippen LogP contribution in [0, 0.1) is 11.8 Å². The first-order valence-electron chi connectivity index (χ1n) is 5.82. The van der Waals surface area contributed by atoms with E-state index in [0.717, 1.165) is 19.6 Å². The first-order chi connectivity index (χ1) is 7.31. The van der Waals surface area contributed by atoms with Crippen LogP contribution in [0.3, 0.4) is 0 Å². The van der Waals surface area contributed by atoms with Crippen molar-refractivity contribution in [3.63, 3.8) is 0 Å². The lowest BCUT2D eigenvalue weighted by molar-refractivity contribution is -0.0583. The van der Waals surface area contributed by atoms with Crippen LogP contribution in [0.4, 0.5) is 0 Å². The number of nitrogens with two attached hydrogens (primary N) is 1. The maximum atomic E-state index is 6.06. The third-order valence-corrected chi connectivity index (χ3v) is 3.41. The number of nitrogens with zero attached hydrogens (tertiary/aromatic N) is 1. The highest BCUT2D eigenvalue weighted by molar-refractivity contribution is 5.00. The minimum Gasteiger partial charge on any atom is -0.374 e. The zero-order valence-electron chi connectivity index (χ0n) is 9.41. The van der Waals surface area contributed by atoms with E-state index in [-0.39, 0.29) is 12.1 Å². The first kappa shape index (κ1) is 10.9. The van der Waals surface area contributed by atoms with Crippen molar-refractivity contribution in [2.24, 2.45) is 5.73 Å². The van der Waals surface area contributed by atoms with Gasteiger partial charge < -0.3 is 10.5 Å². The molecule has 2 saturated heterocycles. The van der Waals surface area contributed by atoms with Gasteiger partial charge in [-0.15, -0.1) is 11.8 Å². The Kier molecular flexibility index (Phi) is 3.63. The monoisotopic (exact) mass is 208 g/mol. The summed E-state index contributed by atoms with van der Waals surface area (Å²) in [5, 5.41) is 0. The summed E-state index contributed by atoms with van der Waals surface area (Å²) >= 11 is 0. The van der Waals surface area contributed by atoms with Gasteiger partial charge in [0.1, 0.15) is 0 Å². The van der Waals surface area contributed by atoms with Crippen LogP contribution in [0.2, 0.25) is 0 Å². The van der Waals surface area contributed by atoms with Gasteiger partial charge in [0.15, 0.2) is 0 Å². The van der Waals surface area contributed by atoms with Gasteiger partial charge >= 0.3 is 0 Å². The van der Waals surface area contributed by atoms with Crippen molar-refractivity contribution < 1.29 is 4.74 Å². The van der Waals surface area contributed by atoms with Gasteiger partial charge in [0.05, 0.1) is 12.7 Å². The lowest BCUT2D eigenvalue weighted by Crippen LogP contribution is -2.52. The van der Waals surface area contributed by atoms with Crippen molar-refractivity contribution in [3.8, 4) is 11.8 Å². The zero-order chi connectivity index (χ0) is 10.7. The molecule has 2 fully saturated rings. The molecule has 2 aliphatic rings. The van der Waals surface area contributed by atoms with Crippen molar-refractivity contribution in [2.75, 3.05) is 19.7 Å². The topological polar surface area (TPSA) is 38.5 Å². The summed E-state index contributed by atoms with van der Waals surface area (Å²) in [4.78, 5) is 2.52. The molecule has 0 aromatic rings. The Morgan fingerprint density at radius 3 is 3.27 bits per heavy atom. The summed E-state index contributed by atoms with van der Waals surface area (Å²) in [6.45, 7) is 4.93. The van der Waals surface area contributed by atoms with Crippen LogP contribution in [0.1, 0.15) is 26.2 Å². The van der Waals surface area contributed by atoms with Crippen LogP contribution in [-0.2, 0) is 4.74 Å². The highest BCUT2D eigenvalue weighted by atomic mass is 16.5. The molecule has 0 aromatic heterocycles. The predicted octanol–water partition coefficient (Wildman–Crippen LogP) is 0.590. The molecular formula is C12H20N2O. The molecule has 0 radical (unpaired) electrons. The van der Waals surface area contributed by atoms with E-state index < -0.39 is 0 Å². The molecule has 0 saturated carbocycles. The van der Waals surface area contributed by atoms with E-state index in [4.69, 9.17) is 10.5 Å². The second-order valence-corrected chi connectivity index (χ2v) is 4.46. The Bertz CT molecular complexity index is 269. The minimum atomic E-state index is 0.0685. The number of fused-ring (bicyclic) bond motifs is 1. The molecular weight excluding hydrogens is 188 g/mol. The second-order valence-electron chi connectivity index (χ2n) is 4.46. The maximum absolute atomic E-state index is 6.06. The van der Waals surface area contributed by atoms with Gasteiger partial charge in [-0.3, -0.25) is 4.90 Å². The summed E-state index contributed by atoms with van der Waals surface area (Å²) in [6.07, 6.45) is 3.53. The molecule has 15 heavy (non-hydrogen) atoms. The lowest BCUT2D eigenvalue weighted by Gasteiger charge is -2.37. The van der Waals surface area contributed by atoms with E-state index in [1.165, 1.54) is 19.4 Å². The molecule has 3 nitrogen and oxygen atoms in total. The normalized spacial score (nSPS) is 32.9. The van der Waals surface area contributed by atoms with Gasteiger partial charge in [0, 0.05) is 25.0 Å². The minimum absolute atomic E-state index is 0.0685. The number of ether oxygens (including phenoxy) is 1. The van der Waals surface area contributed by atoms with Crippen molar-refractivity contribution in [1.29, 1.82) is 0 Å². The maximum Gasteiger partial charge on any atom is 0.0862 e. The summed E-state index contributed by atoms with van der Waals surface area (Å²) in [5.74, 6) is 5.92. The van der Waals surface area contributed by atoms with Gasteiger partial charge in [0.2, 0.25) is 0 Å². The molecule has 3 unspecified atom stereocenters. The van der Waals surface area contributed by atoms with Crippen LogP contribution in [0.25, 0.3) is 0 Å². The summed E-state index contributed by atoms with van der Waals surface area (Å²) < 4.78 is 5.82. The van der Waals surface area contributed by atoms with Crippen LogP contribution in [0.15, 0.2) is 0 Å². The van der Waals surface area contributed by atoms with Gasteiger partial charge in [-0.25, -0.2) is 0 Å². The van der Waals surface area contributed by atoms with Gasteiger partial charge in [-0.05, 0) is 26.3 Å². The molecule has 0 aliphatic carbocycles. The molecule has 3 heteroatoms. The number of hydrogen-bond donors (Lipinski definition) is 1. The van der Waals surface area contributed by atoms with E-state index >= 15 is 0 Å². The third kappa shape index (κ3) is 2.52. The van der Waals surface area contributed by atoms with Crippen LogP contribution < -0.4 is 5.73 Å². The molecule has 0 bridgehead atoms. The van der Waals surface area contributed by atoms with Crippen LogP contribution in [0.5, 0.6) is 0 Å². The van der Waals surface area contributed by atoms with Gasteiger partial charge in [0.25, 0.3) is 0 Å². The van der Waals surface area contributed by atoms with Crippen molar-refractivity contribution >= 4 is 0 Å². The van der Waals surface area contributed by atoms with E-state index in [9.17, 15) is 0 Å². The fraction of sp³-hybridized carbons (Fsp3) is 0.833. The lowest BCUT2D eigenvalue weighted by atomic mass is 10.1. The largest absolute Gasteiger partial charge is 0.374 e. The molecule has 0 spiro atoms. The molecule has 84 valence electrons. The van der Waals surface area contributed by atoms with Gasteiger partial charge in [-0.2, -0.15) is 0 Å². The van der Waals surface area contributed by atoms with Crippen molar-refractivity contribution in [3.05, 3.63) is 0 Å². The van der Waals surface area contributed by atoms with Crippen molar-refractivity contribution in [2.45, 2.75) is 44.4 Å². The Balaban J connectivity index is 1.85. The molecule has 2 rings (SSSR count). The predicted molar refractivity (Wildman–Crippen MR) is 60.4 cm³/mol. The Morgan fingerprint density at radius 2 is 2.47 bits per heavy atom.